The van der Waals surface area contributed by atoms with E-state index in [1.165, 1.54) is 13.0 Å². The van der Waals surface area contributed by atoms with Crippen molar-refractivity contribution in [3.63, 3.8) is 0 Å². The molecule has 1 N–H and O–H groups in total. The summed E-state index contributed by atoms with van der Waals surface area (Å²) < 4.78 is 50.3. The average molecular weight is 265 g/mol. The lowest BCUT2D eigenvalue weighted by Gasteiger charge is -2.27. The van der Waals surface area contributed by atoms with E-state index in [1.807, 2.05) is 0 Å². The number of aliphatic hydroxyl groups is 1. The van der Waals surface area contributed by atoms with Gasteiger partial charge in [-0.3, -0.25) is 0 Å². The zero-order valence-corrected chi connectivity index (χ0v) is 10.1. The van der Waals surface area contributed by atoms with Crippen molar-refractivity contribution in [3.8, 4) is 0 Å². The number of halogens is 4. The van der Waals surface area contributed by atoms with Crippen LogP contribution < -0.4 is 4.90 Å². The molecule has 0 aliphatic rings. The van der Waals surface area contributed by atoms with Crippen molar-refractivity contribution in [1.29, 1.82) is 0 Å². The zero-order chi connectivity index (χ0) is 13.9. The third kappa shape index (κ3) is 3.87. The molecule has 0 saturated heterocycles. The van der Waals surface area contributed by atoms with Crippen LogP contribution in [0.4, 0.5) is 23.2 Å². The molecule has 6 heteroatoms. The molecular weight excluding hydrogens is 250 g/mol. The van der Waals surface area contributed by atoms with Gasteiger partial charge in [0.15, 0.2) is 0 Å². The monoisotopic (exact) mass is 265 g/mol. The smallest absolute Gasteiger partial charge is 0.389 e. The van der Waals surface area contributed by atoms with Gasteiger partial charge in [0.25, 0.3) is 0 Å². The Balaban J connectivity index is 3.12. The van der Waals surface area contributed by atoms with Gasteiger partial charge in [0.05, 0.1) is 6.10 Å². The molecule has 1 atom stereocenters. The van der Waals surface area contributed by atoms with Gasteiger partial charge in [-0.1, -0.05) is 0 Å². The lowest BCUT2D eigenvalue weighted by atomic mass is 10.1. The molecule has 1 aromatic rings. The fourth-order valence-corrected chi connectivity index (χ4v) is 1.73. The summed E-state index contributed by atoms with van der Waals surface area (Å²) in [6.07, 6.45) is -5.38. The molecule has 102 valence electrons. The normalized spacial score (nSPS) is 13.5. The number of aliphatic hydroxyl groups excluding tert-OH is 1. The first-order chi connectivity index (χ1) is 8.24. The van der Waals surface area contributed by atoms with E-state index in [0.717, 1.165) is 17.0 Å². The molecule has 0 aromatic heterocycles. The molecule has 0 spiro atoms. The van der Waals surface area contributed by atoms with Crippen LogP contribution in [-0.2, 0) is 0 Å². The lowest BCUT2D eigenvalue weighted by Crippen LogP contribution is -2.34. The predicted octanol–water partition coefficient (Wildman–Crippen LogP) is 3.27. The Morgan fingerprint density at radius 1 is 1.33 bits per heavy atom. The van der Waals surface area contributed by atoms with Crippen molar-refractivity contribution in [2.24, 2.45) is 0 Å². The molecule has 0 amide bonds. The standard InChI is InChI=1S/C12H15F4NO/c1-3-17(7-12(14,15)16)11-5-4-9(13)6-10(11)8(2)18/h4-6,8,18H,3,7H2,1-2H3. The van der Waals surface area contributed by atoms with Crippen molar-refractivity contribution in [2.75, 3.05) is 18.0 Å². The van der Waals surface area contributed by atoms with Gasteiger partial charge in [0.1, 0.15) is 12.4 Å². The number of rotatable bonds is 4. The maximum absolute atomic E-state index is 13.1. The van der Waals surface area contributed by atoms with E-state index in [-0.39, 0.29) is 17.8 Å². The minimum atomic E-state index is -4.35. The molecule has 1 unspecified atom stereocenters. The highest BCUT2D eigenvalue weighted by atomic mass is 19.4. The topological polar surface area (TPSA) is 23.5 Å². The van der Waals surface area contributed by atoms with E-state index in [9.17, 15) is 22.7 Å². The van der Waals surface area contributed by atoms with Gasteiger partial charge in [0.2, 0.25) is 0 Å². The number of anilines is 1. The molecule has 0 aliphatic carbocycles. The quantitative estimate of drug-likeness (QED) is 0.845. The summed E-state index contributed by atoms with van der Waals surface area (Å²) in [7, 11) is 0. The maximum Gasteiger partial charge on any atom is 0.405 e. The fraction of sp³-hybridized carbons (Fsp3) is 0.500. The SMILES string of the molecule is CCN(CC(F)(F)F)c1ccc(F)cc1C(C)O. The van der Waals surface area contributed by atoms with Crippen LogP contribution in [0.5, 0.6) is 0 Å². The number of benzene rings is 1. The Kier molecular flexibility index (Phi) is 4.56. The van der Waals surface area contributed by atoms with Crippen LogP contribution in [-0.4, -0.2) is 24.4 Å². The summed E-state index contributed by atoms with van der Waals surface area (Å²) in [4.78, 5) is 1.06. The first-order valence-electron chi connectivity index (χ1n) is 5.53. The van der Waals surface area contributed by atoms with E-state index in [2.05, 4.69) is 0 Å². The third-order valence-corrected chi connectivity index (χ3v) is 2.53. The summed E-state index contributed by atoms with van der Waals surface area (Å²) in [5.41, 5.74) is 0.354. The van der Waals surface area contributed by atoms with Crippen LogP contribution in [0.25, 0.3) is 0 Å². The minimum absolute atomic E-state index is 0.116. The van der Waals surface area contributed by atoms with Crippen LogP contribution in [0.3, 0.4) is 0 Å². The van der Waals surface area contributed by atoms with E-state index in [4.69, 9.17) is 0 Å². The highest BCUT2D eigenvalue weighted by Crippen LogP contribution is 2.29. The van der Waals surface area contributed by atoms with Crippen LogP contribution in [0.2, 0.25) is 0 Å². The van der Waals surface area contributed by atoms with Crippen molar-refractivity contribution < 1.29 is 22.7 Å². The van der Waals surface area contributed by atoms with Crippen LogP contribution in [0.15, 0.2) is 18.2 Å². The Morgan fingerprint density at radius 2 is 1.94 bits per heavy atom. The molecule has 1 rings (SSSR count). The van der Waals surface area contributed by atoms with Crippen molar-refractivity contribution in [2.45, 2.75) is 26.1 Å². The Bertz CT molecular complexity index is 404. The largest absolute Gasteiger partial charge is 0.405 e. The fourth-order valence-electron chi connectivity index (χ4n) is 1.73. The minimum Gasteiger partial charge on any atom is -0.389 e. The first-order valence-corrected chi connectivity index (χ1v) is 5.53. The second-order valence-corrected chi connectivity index (χ2v) is 4.01. The van der Waals surface area contributed by atoms with Crippen molar-refractivity contribution in [3.05, 3.63) is 29.6 Å². The van der Waals surface area contributed by atoms with Gasteiger partial charge in [0, 0.05) is 17.8 Å². The molecule has 0 fully saturated rings. The Hall–Kier alpha value is -1.30. The van der Waals surface area contributed by atoms with Gasteiger partial charge >= 0.3 is 6.18 Å². The molecule has 0 bridgehead atoms. The third-order valence-electron chi connectivity index (χ3n) is 2.53. The lowest BCUT2D eigenvalue weighted by molar-refractivity contribution is -0.119. The molecular formula is C12H15F4NO. The highest BCUT2D eigenvalue weighted by Gasteiger charge is 2.31. The van der Waals surface area contributed by atoms with Crippen LogP contribution in [0, 0.1) is 5.82 Å². The number of hydrogen-bond acceptors (Lipinski definition) is 2. The average Bonchev–Trinajstić information content (AvgIpc) is 2.24. The second-order valence-electron chi connectivity index (χ2n) is 4.01. The zero-order valence-electron chi connectivity index (χ0n) is 10.1. The highest BCUT2D eigenvalue weighted by molar-refractivity contribution is 5.54. The molecule has 18 heavy (non-hydrogen) atoms. The Labute approximate surface area is 103 Å². The van der Waals surface area contributed by atoms with Crippen molar-refractivity contribution in [1.82, 2.24) is 0 Å². The first kappa shape index (κ1) is 14.8. The van der Waals surface area contributed by atoms with Gasteiger partial charge in [-0.05, 0) is 32.0 Å². The van der Waals surface area contributed by atoms with E-state index >= 15 is 0 Å². The molecule has 0 radical (unpaired) electrons. The maximum atomic E-state index is 13.1. The molecule has 1 aromatic carbocycles. The van der Waals surface area contributed by atoms with Crippen LogP contribution in [0.1, 0.15) is 25.5 Å². The summed E-state index contributed by atoms with van der Waals surface area (Å²) >= 11 is 0. The summed E-state index contributed by atoms with van der Waals surface area (Å²) in [5.74, 6) is -0.585. The molecule has 0 saturated carbocycles. The summed E-state index contributed by atoms with van der Waals surface area (Å²) in [5, 5.41) is 9.50. The van der Waals surface area contributed by atoms with E-state index < -0.39 is 24.6 Å². The van der Waals surface area contributed by atoms with Gasteiger partial charge < -0.3 is 10.0 Å². The summed E-state index contributed by atoms with van der Waals surface area (Å²) in [6.45, 7) is 1.94. The van der Waals surface area contributed by atoms with Crippen LogP contribution >= 0.6 is 0 Å². The molecule has 0 aliphatic heterocycles. The van der Waals surface area contributed by atoms with Crippen molar-refractivity contribution >= 4 is 5.69 Å². The van der Waals surface area contributed by atoms with E-state index in [0.29, 0.717) is 0 Å². The molecule has 2 nitrogen and oxygen atoms in total. The van der Waals surface area contributed by atoms with Gasteiger partial charge in [-0.2, -0.15) is 13.2 Å². The van der Waals surface area contributed by atoms with E-state index in [1.54, 1.807) is 6.92 Å². The number of alkyl halides is 3. The number of nitrogens with zero attached hydrogens (tertiary/aromatic N) is 1. The summed E-state index contributed by atoms with van der Waals surface area (Å²) in [6, 6.07) is 3.39. The Morgan fingerprint density at radius 3 is 2.39 bits per heavy atom. The molecule has 0 heterocycles. The van der Waals surface area contributed by atoms with Gasteiger partial charge in [-0.25, -0.2) is 4.39 Å². The predicted molar refractivity (Wildman–Crippen MR) is 61.0 cm³/mol. The second kappa shape index (κ2) is 5.56. The number of hydrogen-bond donors (Lipinski definition) is 1. The van der Waals surface area contributed by atoms with Gasteiger partial charge in [-0.15, -0.1) is 0 Å².